The van der Waals surface area contributed by atoms with Gasteiger partial charge in [-0.05, 0) is 42.7 Å². The number of hydrogen-bond donors (Lipinski definition) is 0. The van der Waals surface area contributed by atoms with Crippen molar-refractivity contribution in [1.29, 1.82) is 0 Å². The molecule has 2 aromatic rings. The second-order valence-electron chi connectivity index (χ2n) is 6.12. The molecule has 134 valence electrons. The lowest BCUT2D eigenvalue weighted by molar-refractivity contribution is -0.143. The Morgan fingerprint density at radius 2 is 1.92 bits per heavy atom. The Kier molecular flexibility index (Phi) is 5.44. The number of benzene rings is 1. The number of halogens is 2. The summed E-state index contributed by atoms with van der Waals surface area (Å²) in [6, 6.07) is 9.24. The molecule has 0 aliphatic carbocycles. The molecule has 2 heterocycles. The van der Waals surface area contributed by atoms with Gasteiger partial charge in [-0.1, -0.05) is 41.4 Å². The van der Waals surface area contributed by atoms with Crippen molar-refractivity contribution in [2.45, 2.75) is 19.8 Å². The van der Waals surface area contributed by atoms with E-state index < -0.39 is 5.92 Å². The van der Waals surface area contributed by atoms with Gasteiger partial charge in [0.2, 0.25) is 0 Å². The van der Waals surface area contributed by atoms with Gasteiger partial charge in [-0.3, -0.25) is 14.8 Å². The average Bonchev–Trinajstić information content (AvgIpc) is 2.63. The second kappa shape index (κ2) is 7.60. The first-order valence-corrected chi connectivity index (χ1v) is 8.89. The van der Waals surface area contributed by atoms with E-state index in [1.807, 2.05) is 38.1 Å². The fourth-order valence-corrected chi connectivity index (χ4v) is 3.89. The van der Waals surface area contributed by atoms with Crippen LogP contribution in [0.15, 0.2) is 53.4 Å². The smallest absolute Gasteiger partial charge is 0.315 e. The van der Waals surface area contributed by atoms with Crippen LogP contribution in [0.2, 0.25) is 10.0 Å². The number of carbonyl (C=O) groups excluding carboxylic acids is 1. The summed E-state index contributed by atoms with van der Waals surface area (Å²) in [5, 5.41) is 0.869. The largest absolute Gasteiger partial charge is 0.468 e. The molecule has 26 heavy (non-hydrogen) atoms. The minimum Gasteiger partial charge on any atom is -0.468 e. The van der Waals surface area contributed by atoms with Crippen molar-refractivity contribution in [1.82, 2.24) is 4.98 Å². The van der Waals surface area contributed by atoms with Gasteiger partial charge in [0, 0.05) is 29.7 Å². The Balaban J connectivity index is 2.29. The Labute approximate surface area is 162 Å². The molecule has 0 N–H and O–H groups in total. The highest BCUT2D eigenvalue weighted by molar-refractivity contribution is 6.42. The number of ether oxygens (including phenoxy) is 1. The molecule has 1 aromatic heterocycles. The Morgan fingerprint density at radius 1 is 1.15 bits per heavy atom. The van der Waals surface area contributed by atoms with Crippen LogP contribution in [-0.4, -0.2) is 23.8 Å². The molecule has 3 rings (SSSR count). The summed E-state index contributed by atoms with van der Waals surface area (Å²) in [5.74, 6) is -1.31. The average molecular weight is 389 g/mol. The number of esters is 1. The normalized spacial score (nSPS) is 20.0. The molecule has 6 heteroatoms. The van der Waals surface area contributed by atoms with Crippen LogP contribution in [0.1, 0.15) is 30.9 Å². The lowest BCUT2D eigenvalue weighted by Gasteiger charge is -2.33. The molecule has 2 unspecified atom stereocenters. The molecule has 0 fully saturated rings. The van der Waals surface area contributed by atoms with Gasteiger partial charge in [0.1, 0.15) is 5.92 Å². The van der Waals surface area contributed by atoms with Gasteiger partial charge in [-0.15, -0.1) is 0 Å². The van der Waals surface area contributed by atoms with Crippen LogP contribution in [0.3, 0.4) is 0 Å². The topological polar surface area (TPSA) is 51.5 Å². The second-order valence-corrected chi connectivity index (χ2v) is 6.90. The lowest BCUT2D eigenvalue weighted by atomic mass is 9.74. The summed E-state index contributed by atoms with van der Waals surface area (Å²) in [7, 11) is 1.38. The van der Waals surface area contributed by atoms with E-state index in [4.69, 9.17) is 27.9 Å². The first-order valence-electron chi connectivity index (χ1n) is 8.13. The van der Waals surface area contributed by atoms with Crippen LogP contribution in [-0.2, 0) is 9.53 Å². The van der Waals surface area contributed by atoms with Gasteiger partial charge < -0.3 is 4.74 Å². The first kappa shape index (κ1) is 18.6. The molecule has 0 radical (unpaired) electrons. The van der Waals surface area contributed by atoms with E-state index in [2.05, 4.69) is 9.98 Å². The zero-order chi connectivity index (χ0) is 18.8. The van der Waals surface area contributed by atoms with Crippen molar-refractivity contribution in [3.8, 4) is 0 Å². The number of rotatable bonds is 3. The predicted octanol–water partition coefficient (Wildman–Crippen LogP) is 5.17. The van der Waals surface area contributed by atoms with E-state index >= 15 is 0 Å². The van der Waals surface area contributed by atoms with Crippen LogP contribution in [0.25, 0.3) is 5.57 Å². The molecule has 0 bridgehead atoms. The summed E-state index contributed by atoms with van der Waals surface area (Å²) in [6.45, 7) is 3.75. The molecule has 1 aliphatic heterocycles. The quantitative estimate of drug-likeness (QED) is 0.681. The van der Waals surface area contributed by atoms with Crippen LogP contribution in [0.5, 0.6) is 0 Å². The number of allylic oxidation sites excluding steroid dienone is 2. The molecule has 2 atom stereocenters. The monoisotopic (exact) mass is 388 g/mol. The van der Waals surface area contributed by atoms with Crippen molar-refractivity contribution in [3.05, 3.63) is 69.6 Å². The standard InChI is InChI=1S/C20H18Cl2N2O2/c1-11-16(13-6-5-9-23-10-13)18(14-7-4-8-15(21)19(14)22)17(12(2)24-11)20(25)26-3/h4-10,17-18H,1-3H3. The van der Waals surface area contributed by atoms with Gasteiger partial charge in [-0.2, -0.15) is 0 Å². The van der Waals surface area contributed by atoms with Crippen LogP contribution in [0, 0.1) is 5.92 Å². The van der Waals surface area contributed by atoms with E-state index in [0.717, 1.165) is 22.4 Å². The predicted molar refractivity (Wildman–Crippen MR) is 105 cm³/mol. The third-order valence-corrected chi connectivity index (χ3v) is 5.41. The minimum absolute atomic E-state index is 0.360. The molecule has 1 aliphatic rings. The van der Waals surface area contributed by atoms with Crippen molar-refractivity contribution in [2.24, 2.45) is 10.9 Å². The molecule has 0 amide bonds. The zero-order valence-electron chi connectivity index (χ0n) is 14.7. The fourth-order valence-electron chi connectivity index (χ4n) is 3.47. The van der Waals surface area contributed by atoms with E-state index in [1.54, 1.807) is 18.5 Å². The number of methoxy groups -OCH3 is 1. The Hall–Kier alpha value is -2.17. The van der Waals surface area contributed by atoms with E-state index in [-0.39, 0.29) is 11.9 Å². The van der Waals surface area contributed by atoms with E-state index in [0.29, 0.717) is 15.8 Å². The van der Waals surface area contributed by atoms with Crippen molar-refractivity contribution in [3.63, 3.8) is 0 Å². The summed E-state index contributed by atoms with van der Waals surface area (Å²) in [6.07, 6.45) is 3.46. The maximum absolute atomic E-state index is 12.6. The summed E-state index contributed by atoms with van der Waals surface area (Å²) < 4.78 is 5.07. The fraction of sp³-hybridized carbons (Fsp3) is 0.250. The SMILES string of the molecule is COC(=O)C1C(C)=NC(C)=C(c2cccnc2)C1c1cccc(Cl)c1Cl. The van der Waals surface area contributed by atoms with Gasteiger partial charge in [-0.25, -0.2) is 0 Å². The highest BCUT2D eigenvalue weighted by Gasteiger charge is 2.40. The summed E-state index contributed by atoms with van der Waals surface area (Å²) in [4.78, 5) is 21.4. The summed E-state index contributed by atoms with van der Waals surface area (Å²) in [5.41, 5.74) is 4.04. The maximum Gasteiger partial charge on any atom is 0.315 e. The number of aliphatic imine (C=N–C) groups is 1. The number of aromatic nitrogens is 1. The van der Waals surface area contributed by atoms with Crippen LogP contribution < -0.4 is 0 Å². The molecule has 0 saturated heterocycles. The highest BCUT2D eigenvalue weighted by atomic mass is 35.5. The number of pyridine rings is 1. The Morgan fingerprint density at radius 3 is 2.58 bits per heavy atom. The van der Waals surface area contributed by atoms with Gasteiger partial charge >= 0.3 is 5.97 Å². The zero-order valence-corrected chi connectivity index (χ0v) is 16.2. The lowest BCUT2D eigenvalue weighted by Crippen LogP contribution is -2.33. The molecule has 1 aromatic carbocycles. The first-order chi connectivity index (χ1) is 12.5. The number of hydrogen-bond acceptors (Lipinski definition) is 4. The summed E-state index contributed by atoms with van der Waals surface area (Å²) >= 11 is 12.8. The highest BCUT2D eigenvalue weighted by Crippen LogP contribution is 2.47. The van der Waals surface area contributed by atoms with E-state index in [1.165, 1.54) is 7.11 Å². The molecular weight excluding hydrogens is 371 g/mol. The van der Waals surface area contributed by atoms with Gasteiger partial charge in [0.05, 0.1) is 17.2 Å². The minimum atomic E-state index is -0.588. The third kappa shape index (κ3) is 3.27. The molecule has 0 spiro atoms. The van der Waals surface area contributed by atoms with Gasteiger partial charge in [0.25, 0.3) is 0 Å². The Bertz CT molecular complexity index is 907. The van der Waals surface area contributed by atoms with Crippen molar-refractivity contribution >= 4 is 40.5 Å². The molecular formula is C20H18Cl2N2O2. The van der Waals surface area contributed by atoms with Crippen LogP contribution >= 0.6 is 23.2 Å². The molecule has 4 nitrogen and oxygen atoms in total. The van der Waals surface area contributed by atoms with Crippen molar-refractivity contribution in [2.75, 3.05) is 7.11 Å². The number of carbonyl (C=O) groups is 1. The van der Waals surface area contributed by atoms with E-state index in [9.17, 15) is 4.79 Å². The van der Waals surface area contributed by atoms with Gasteiger partial charge in [0.15, 0.2) is 0 Å². The van der Waals surface area contributed by atoms with Crippen molar-refractivity contribution < 1.29 is 9.53 Å². The van der Waals surface area contributed by atoms with Crippen LogP contribution in [0.4, 0.5) is 0 Å². The third-order valence-electron chi connectivity index (χ3n) is 4.57. The maximum atomic E-state index is 12.6. The number of nitrogens with zero attached hydrogens (tertiary/aromatic N) is 2. The molecule has 0 saturated carbocycles.